The lowest BCUT2D eigenvalue weighted by molar-refractivity contribution is 1.18. The van der Waals surface area contributed by atoms with E-state index in [9.17, 15) is 0 Å². The number of aromatic nitrogens is 2. The van der Waals surface area contributed by atoms with Gasteiger partial charge in [0.05, 0.1) is 22.1 Å². The number of rotatable bonds is 4. The Morgan fingerprint density at radius 2 is 0.696 bits per heavy atom. The van der Waals surface area contributed by atoms with Crippen molar-refractivity contribution in [2.75, 3.05) is 0 Å². The summed E-state index contributed by atoms with van der Waals surface area (Å²) in [4.78, 5) is 0. The van der Waals surface area contributed by atoms with Gasteiger partial charge in [-0.15, -0.1) is 0 Å². The number of hydrogen-bond donors (Lipinski definition) is 0. The molecule has 2 heteroatoms. The van der Waals surface area contributed by atoms with Crippen molar-refractivity contribution >= 4 is 75.9 Å². The molecule has 2 nitrogen and oxygen atoms in total. The van der Waals surface area contributed by atoms with E-state index in [1.165, 1.54) is 110 Å². The molecule has 0 fully saturated rings. The summed E-state index contributed by atoms with van der Waals surface area (Å²) in [6.07, 6.45) is 0. The minimum atomic E-state index is 1.17. The molecule has 0 atom stereocenters. The summed E-state index contributed by atoms with van der Waals surface area (Å²) in [6.45, 7) is 4.00. The predicted octanol–water partition coefficient (Wildman–Crippen LogP) is 15.1. The maximum Gasteiger partial charge on any atom is 0.0541 e. The smallest absolute Gasteiger partial charge is 0.0541 e. The summed E-state index contributed by atoms with van der Waals surface area (Å²) in [6, 6.07) is 71.5. The van der Waals surface area contributed by atoms with Gasteiger partial charge in [0.1, 0.15) is 0 Å². The second kappa shape index (κ2) is 12.7. The van der Waals surface area contributed by atoms with Gasteiger partial charge in [-0.2, -0.15) is 0 Å². The summed E-state index contributed by atoms with van der Waals surface area (Å²) in [7, 11) is 0. The molecular formula is C54H38N2. The molecule has 0 N–H and O–H groups in total. The highest BCUT2D eigenvalue weighted by atomic mass is 15.0. The van der Waals surface area contributed by atoms with Gasteiger partial charge >= 0.3 is 0 Å². The van der Waals surface area contributed by atoms with Crippen molar-refractivity contribution in [2.24, 2.45) is 0 Å². The monoisotopic (exact) mass is 714 g/mol. The molecule has 0 radical (unpaired) electrons. The van der Waals surface area contributed by atoms with Crippen LogP contribution in [0.25, 0.3) is 110 Å². The van der Waals surface area contributed by atoms with Crippen LogP contribution in [0.3, 0.4) is 0 Å². The largest absolute Gasteiger partial charge is 0.309 e. The van der Waals surface area contributed by atoms with Crippen molar-refractivity contribution in [1.82, 2.24) is 9.13 Å². The predicted molar refractivity (Wildman–Crippen MR) is 241 cm³/mol. The summed E-state index contributed by atoms with van der Waals surface area (Å²) < 4.78 is 4.79. The van der Waals surface area contributed by atoms with Crippen LogP contribution in [-0.4, -0.2) is 9.13 Å². The van der Waals surface area contributed by atoms with E-state index >= 15 is 0 Å². The van der Waals surface area contributed by atoms with Crippen molar-refractivity contribution in [3.8, 4) is 33.6 Å². The fraction of sp³-hybridized carbons (Fsp3) is 0.0370. The molecule has 0 saturated heterocycles. The zero-order valence-corrected chi connectivity index (χ0v) is 31.4. The third kappa shape index (κ3) is 4.69. The van der Waals surface area contributed by atoms with Gasteiger partial charge in [0, 0.05) is 32.9 Å². The minimum absolute atomic E-state index is 1.17. The summed E-state index contributed by atoms with van der Waals surface area (Å²) in [5.74, 6) is 0. The molecule has 0 spiro atoms. The SMILES string of the molecule is CC.c1cc(-c2ccc3ccc4c(-c5ccc(-n6c7ccccc7c7ccccc76)cc5)ccc5ccc2c3c54)cc(-n2c3ccccc3c3ccccc32)c1. The standard InChI is InChI=1S/C52H32N2.C2H6/c1-5-16-47-41(12-1)42-13-2-6-17-48(42)53(47)37-26-20-33(21-27-37)39-28-22-34-25-31-46-40(29-23-35-24-30-45(39)51(34)52(35)46)36-10-9-11-38(32-36)54-49-18-7-3-14-43(49)44-15-4-8-19-50(44)54;1-2/h1-32H;1-2H3. The van der Waals surface area contributed by atoms with Crippen LogP contribution < -0.4 is 0 Å². The van der Waals surface area contributed by atoms with Gasteiger partial charge in [0.25, 0.3) is 0 Å². The van der Waals surface area contributed by atoms with E-state index in [4.69, 9.17) is 0 Å². The number of nitrogens with zero attached hydrogens (tertiary/aromatic N) is 2. The van der Waals surface area contributed by atoms with Gasteiger partial charge in [-0.3, -0.25) is 0 Å². The molecule has 264 valence electrons. The van der Waals surface area contributed by atoms with Gasteiger partial charge < -0.3 is 9.13 Å². The Labute approximate surface area is 325 Å². The maximum atomic E-state index is 2.41. The van der Waals surface area contributed by atoms with Crippen LogP contribution in [0.15, 0.2) is 194 Å². The van der Waals surface area contributed by atoms with Crippen molar-refractivity contribution in [1.29, 1.82) is 0 Å². The zero-order valence-electron chi connectivity index (χ0n) is 31.4. The lowest BCUT2D eigenvalue weighted by Crippen LogP contribution is -1.95. The first-order valence-electron chi connectivity index (χ1n) is 19.7. The van der Waals surface area contributed by atoms with Crippen LogP contribution in [0.5, 0.6) is 0 Å². The number of para-hydroxylation sites is 4. The quantitative estimate of drug-likeness (QED) is 0.161. The highest BCUT2D eigenvalue weighted by Crippen LogP contribution is 2.43. The molecule has 0 amide bonds. The maximum absolute atomic E-state index is 2.41. The Balaban J connectivity index is 0.00000179. The molecule has 0 saturated carbocycles. The Bertz CT molecular complexity index is 3330. The Kier molecular flexibility index (Phi) is 7.33. The van der Waals surface area contributed by atoms with Gasteiger partial charge in [0.15, 0.2) is 0 Å². The molecule has 0 aliphatic rings. The molecule has 12 rings (SSSR count). The van der Waals surface area contributed by atoms with Crippen LogP contribution in [0.2, 0.25) is 0 Å². The van der Waals surface area contributed by atoms with Gasteiger partial charge in [-0.1, -0.05) is 159 Å². The van der Waals surface area contributed by atoms with E-state index in [0.717, 1.165) is 0 Å². The highest BCUT2D eigenvalue weighted by molar-refractivity contribution is 6.27. The first-order valence-corrected chi connectivity index (χ1v) is 19.7. The van der Waals surface area contributed by atoms with Crippen LogP contribution >= 0.6 is 0 Å². The second-order valence-corrected chi connectivity index (χ2v) is 14.5. The molecule has 2 aromatic heterocycles. The lowest BCUT2D eigenvalue weighted by atomic mass is 9.87. The van der Waals surface area contributed by atoms with E-state index in [0.29, 0.717) is 0 Å². The van der Waals surface area contributed by atoms with Crippen LogP contribution in [0, 0.1) is 0 Å². The average molecular weight is 715 g/mol. The molecule has 2 heterocycles. The molecular weight excluding hydrogens is 677 g/mol. The third-order valence-corrected chi connectivity index (χ3v) is 11.7. The summed E-state index contributed by atoms with van der Waals surface area (Å²) in [5, 5.41) is 12.9. The molecule has 0 bridgehead atoms. The van der Waals surface area contributed by atoms with Crippen molar-refractivity contribution < 1.29 is 0 Å². The number of hydrogen-bond acceptors (Lipinski definition) is 0. The molecule has 10 aromatic carbocycles. The van der Waals surface area contributed by atoms with Crippen LogP contribution in [0.4, 0.5) is 0 Å². The van der Waals surface area contributed by atoms with E-state index in [1.807, 2.05) is 13.8 Å². The van der Waals surface area contributed by atoms with E-state index in [2.05, 4.69) is 203 Å². The van der Waals surface area contributed by atoms with E-state index in [1.54, 1.807) is 0 Å². The third-order valence-electron chi connectivity index (χ3n) is 11.7. The first-order chi connectivity index (χ1) is 27.8. The fourth-order valence-corrected chi connectivity index (χ4v) is 9.31. The van der Waals surface area contributed by atoms with Crippen molar-refractivity contribution in [3.63, 3.8) is 0 Å². The topological polar surface area (TPSA) is 9.86 Å². The fourth-order valence-electron chi connectivity index (χ4n) is 9.31. The zero-order chi connectivity index (χ0) is 37.3. The molecule has 0 aliphatic heterocycles. The Morgan fingerprint density at radius 3 is 1.18 bits per heavy atom. The summed E-state index contributed by atoms with van der Waals surface area (Å²) >= 11 is 0. The molecule has 56 heavy (non-hydrogen) atoms. The van der Waals surface area contributed by atoms with Crippen LogP contribution in [-0.2, 0) is 0 Å². The molecule has 12 aromatic rings. The second-order valence-electron chi connectivity index (χ2n) is 14.5. The summed E-state index contributed by atoms with van der Waals surface area (Å²) in [5.41, 5.74) is 12.2. The first kappa shape index (κ1) is 32.3. The number of benzene rings is 10. The lowest BCUT2D eigenvalue weighted by Gasteiger charge is -2.17. The van der Waals surface area contributed by atoms with Crippen molar-refractivity contribution in [3.05, 3.63) is 194 Å². The molecule has 0 aliphatic carbocycles. The average Bonchev–Trinajstić information content (AvgIpc) is 3.79. The van der Waals surface area contributed by atoms with E-state index < -0.39 is 0 Å². The van der Waals surface area contributed by atoms with Crippen LogP contribution in [0.1, 0.15) is 13.8 Å². The number of fused-ring (bicyclic) bond motifs is 6. The normalized spacial score (nSPS) is 11.8. The minimum Gasteiger partial charge on any atom is -0.309 e. The Hall–Kier alpha value is -7.16. The van der Waals surface area contributed by atoms with Gasteiger partial charge in [-0.25, -0.2) is 0 Å². The van der Waals surface area contributed by atoms with Gasteiger partial charge in [-0.05, 0) is 103 Å². The van der Waals surface area contributed by atoms with E-state index in [-0.39, 0.29) is 0 Å². The molecule has 0 unspecified atom stereocenters. The van der Waals surface area contributed by atoms with Crippen molar-refractivity contribution in [2.45, 2.75) is 13.8 Å². The van der Waals surface area contributed by atoms with Gasteiger partial charge in [0.2, 0.25) is 0 Å². The Morgan fingerprint density at radius 1 is 0.286 bits per heavy atom. The highest BCUT2D eigenvalue weighted by Gasteiger charge is 2.17.